The number of nitriles is 2. The molecule has 0 bridgehead atoms. The van der Waals surface area contributed by atoms with Gasteiger partial charge in [-0.05, 0) is 53.5 Å². The molecule has 50 heavy (non-hydrogen) atoms. The lowest BCUT2D eigenvalue weighted by molar-refractivity contribution is 1.03. The molecule has 8 rings (SSSR count). The van der Waals surface area contributed by atoms with E-state index < -0.39 is 0 Å². The molecular formula is C44H28N6. The van der Waals surface area contributed by atoms with Gasteiger partial charge in [-0.3, -0.25) is 0 Å². The highest BCUT2D eigenvalue weighted by molar-refractivity contribution is 6.03. The molecule has 6 nitrogen and oxygen atoms in total. The van der Waals surface area contributed by atoms with Gasteiger partial charge >= 0.3 is 0 Å². The van der Waals surface area contributed by atoms with Gasteiger partial charge in [0, 0.05) is 27.8 Å². The summed E-state index contributed by atoms with van der Waals surface area (Å²) in [6.45, 7) is 0. The van der Waals surface area contributed by atoms with Gasteiger partial charge in [-0.2, -0.15) is 10.5 Å². The van der Waals surface area contributed by atoms with Crippen molar-refractivity contribution in [2.24, 2.45) is 0 Å². The zero-order chi connectivity index (χ0) is 33.9. The molecule has 0 saturated carbocycles. The van der Waals surface area contributed by atoms with Crippen LogP contribution in [0.3, 0.4) is 0 Å². The Hall–Kier alpha value is -7.02. The van der Waals surface area contributed by atoms with Crippen molar-refractivity contribution in [3.05, 3.63) is 162 Å². The molecule has 6 heteroatoms. The third kappa shape index (κ3) is 5.72. The Morgan fingerprint density at radius 1 is 0.460 bits per heavy atom. The van der Waals surface area contributed by atoms with Gasteiger partial charge in [0.05, 0.1) is 46.0 Å². The van der Waals surface area contributed by atoms with Gasteiger partial charge in [-0.15, -0.1) is 0 Å². The average molecular weight is 641 g/mol. The third-order valence-electron chi connectivity index (χ3n) is 8.86. The molecule has 0 aliphatic heterocycles. The smallest absolute Gasteiger partial charge is 0.161 e. The van der Waals surface area contributed by atoms with E-state index in [0.717, 1.165) is 68.4 Å². The summed E-state index contributed by atoms with van der Waals surface area (Å²) < 4.78 is 0. The highest BCUT2D eigenvalue weighted by Gasteiger charge is 2.18. The standard InChI is InChI=1S/C44H28N6/c45-27-31-17-7-9-19-33(31)41-25-39(29-13-3-1-4-14-29)47-43(49-41)37-23-11-22-36-35(37)21-12-24-38(36)44-48-40(30-15-5-2-6-16-30)26-42(50-44)34-20-10-8-18-32(34)28-46/h1,3-5,7-26H,2,6H2. The Balaban J connectivity index is 1.34. The summed E-state index contributed by atoms with van der Waals surface area (Å²) in [4.78, 5) is 20.3. The van der Waals surface area contributed by atoms with E-state index in [1.165, 1.54) is 0 Å². The zero-order valence-electron chi connectivity index (χ0n) is 27.0. The van der Waals surface area contributed by atoms with Crippen LogP contribution in [0.1, 0.15) is 29.7 Å². The van der Waals surface area contributed by atoms with E-state index in [2.05, 4.69) is 42.5 Å². The number of allylic oxidation sites excluding steroid dienone is 4. The summed E-state index contributed by atoms with van der Waals surface area (Å²) in [6.07, 6.45) is 8.41. The van der Waals surface area contributed by atoms with Crippen molar-refractivity contribution in [2.75, 3.05) is 0 Å². The average Bonchev–Trinajstić information content (AvgIpc) is 3.20. The molecule has 5 aromatic carbocycles. The zero-order valence-corrected chi connectivity index (χ0v) is 27.0. The van der Waals surface area contributed by atoms with E-state index in [1.54, 1.807) is 6.07 Å². The number of hydrogen-bond donors (Lipinski definition) is 0. The third-order valence-corrected chi connectivity index (χ3v) is 8.86. The van der Waals surface area contributed by atoms with Crippen molar-refractivity contribution in [1.82, 2.24) is 19.9 Å². The molecule has 0 saturated heterocycles. The first-order chi connectivity index (χ1) is 24.7. The largest absolute Gasteiger partial charge is 0.228 e. The Morgan fingerprint density at radius 3 is 1.52 bits per heavy atom. The summed E-state index contributed by atoms with van der Waals surface area (Å²) in [5.74, 6) is 1.11. The van der Waals surface area contributed by atoms with E-state index in [0.29, 0.717) is 34.2 Å². The van der Waals surface area contributed by atoms with Crippen molar-refractivity contribution in [1.29, 1.82) is 10.5 Å². The first kappa shape index (κ1) is 30.3. The second-order valence-corrected chi connectivity index (χ2v) is 12.0. The summed E-state index contributed by atoms with van der Waals surface area (Å²) >= 11 is 0. The lowest BCUT2D eigenvalue weighted by Gasteiger charge is -2.15. The minimum absolute atomic E-state index is 0.546. The Kier molecular flexibility index (Phi) is 8.03. The van der Waals surface area contributed by atoms with Crippen molar-refractivity contribution in [3.8, 4) is 68.7 Å². The molecule has 0 spiro atoms. The monoisotopic (exact) mass is 640 g/mol. The fourth-order valence-electron chi connectivity index (χ4n) is 6.43. The molecule has 0 N–H and O–H groups in total. The van der Waals surface area contributed by atoms with Crippen LogP contribution < -0.4 is 0 Å². The van der Waals surface area contributed by atoms with Gasteiger partial charge in [-0.1, -0.05) is 121 Å². The van der Waals surface area contributed by atoms with E-state index in [9.17, 15) is 10.5 Å². The molecule has 2 aromatic heterocycles. The summed E-state index contributed by atoms with van der Waals surface area (Å²) in [5, 5.41) is 21.8. The maximum Gasteiger partial charge on any atom is 0.161 e. The number of fused-ring (bicyclic) bond motifs is 1. The lowest BCUT2D eigenvalue weighted by atomic mass is 9.97. The van der Waals surface area contributed by atoms with Crippen molar-refractivity contribution in [2.45, 2.75) is 12.8 Å². The second kappa shape index (κ2) is 13.2. The van der Waals surface area contributed by atoms with Crippen LogP contribution in [0.4, 0.5) is 0 Å². The van der Waals surface area contributed by atoms with E-state index >= 15 is 0 Å². The van der Waals surface area contributed by atoms with Crippen LogP contribution in [0.15, 0.2) is 146 Å². The number of hydrogen-bond acceptors (Lipinski definition) is 6. The molecule has 234 valence electrons. The van der Waals surface area contributed by atoms with Gasteiger partial charge in [0.2, 0.25) is 0 Å². The maximum atomic E-state index is 9.93. The maximum absolute atomic E-state index is 9.93. The summed E-state index contributed by atoms with van der Waals surface area (Å²) in [5.41, 5.74) is 9.24. The minimum Gasteiger partial charge on any atom is -0.228 e. The van der Waals surface area contributed by atoms with Crippen LogP contribution in [-0.2, 0) is 0 Å². The fourth-order valence-corrected chi connectivity index (χ4v) is 6.43. The van der Waals surface area contributed by atoms with Crippen LogP contribution >= 0.6 is 0 Å². The Morgan fingerprint density at radius 2 is 0.960 bits per heavy atom. The van der Waals surface area contributed by atoms with Crippen molar-refractivity contribution < 1.29 is 0 Å². The second-order valence-electron chi connectivity index (χ2n) is 12.0. The molecule has 1 aliphatic carbocycles. The van der Waals surface area contributed by atoms with Gasteiger partial charge in [0.15, 0.2) is 11.6 Å². The van der Waals surface area contributed by atoms with Gasteiger partial charge in [0.25, 0.3) is 0 Å². The van der Waals surface area contributed by atoms with Gasteiger partial charge < -0.3 is 0 Å². The number of aromatic nitrogens is 4. The van der Waals surface area contributed by atoms with Crippen LogP contribution in [0.2, 0.25) is 0 Å². The molecule has 1 aliphatic rings. The van der Waals surface area contributed by atoms with Crippen LogP contribution in [0.5, 0.6) is 0 Å². The van der Waals surface area contributed by atoms with Crippen LogP contribution in [0.25, 0.3) is 72.9 Å². The molecule has 0 fully saturated rings. The van der Waals surface area contributed by atoms with Crippen LogP contribution in [0, 0.1) is 22.7 Å². The fraction of sp³-hybridized carbons (Fsp3) is 0.0455. The Labute approximate surface area is 290 Å². The predicted molar refractivity (Wildman–Crippen MR) is 198 cm³/mol. The molecule has 0 atom stereocenters. The number of benzene rings is 5. The molecule has 0 unspecified atom stereocenters. The highest BCUT2D eigenvalue weighted by atomic mass is 14.9. The number of rotatable bonds is 6. The molecular weight excluding hydrogens is 613 g/mol. The first-order valence-electron chi connectivity index (χ1n) is 16.4. The molecule has 7 aromatic rings. The number of nitrogens with zero attached hydrogens (tertiary/aromatic N) is 6. The predicted octanol–water partition coefficient (Wildman–Crippen LogP) is 10.2. The summed E-state index contributed by atoms with van der Waals surface area (Å²) in [7, 11) is 0. The highest BCUT2D eigenvalue weighted by Crippen LogP contribution is 2.37. The summed E-state index contributed by atoms with van der Waals surface area (Å²) in [6, 6.07) is 45.8. The topological polar surface area (TPSA) is 99.1 Å². The lowest BCUT2D eigenvalue weighted by Crippen LogP contribution is -2.00. The molecule has 2 heterocycles. The van der Waals surface area contributed by atoms with Gasteiger partial charge in [0.1, 0.15) is 0 Å². The molecule has 0 radical (unpaired) electrons. The Bertz CT molecular complexity index is 2570. The minimum atomic E-state index is 0.546. The van der Waals surface area contributed by atoms with E-state index in [4.69, 9.17) is 19.9 Å². The van der Waals surface area contributed by atoms with Crippen molar-refractivity contribution in [3.63, 3.8) is 0 Å². The SMILES string of the molecule is N#Cc1ccccc1-c1cc(C2=CCCC=C2)nc(-c2cccc3c(-c4nc(-c5ccccc5)cc(-c5ccccc5C#N)n4)cccc23)n1. The normalized spacial score (nSPS) is 12.2. The van der Waals surface area contributed by atoms with E-state index in [1.807, 2.05) is 109 Å². The first-order valence-corrected chi connectivity index (χ1v) is 16.4. The van der Waals surface area contributed by atoms with E-state index in [-0.39, 0.29) is 0 Å². The van der Waals surface area contributed by atoms with Gasteiger partial charge in [-0.25, -0.2) is 19.9 Å². The van der Waals surface area contributed by atoms with Crippen LogP contribution in [-0.4, -0.2) is 19.9 Å². The quantitative estimate of drug-likeness (QED) is 0.179. The molecule has 0 amide bonds. The van der Waals surface area contributed by atoms with Crippen molar-refractivity contribution >= 4 is 16.3 Å².